The van der Waals surface area contributed by atoms with Crippen molar-refractivity contribution in [1.29, 1.82) is 0 Å². The van der Waals surface area contributed by atoms with Crippen LogP contribution < -0.4 is 5.32 Å². The molecule has 84 valence electrons. The second-order valence-electron chi connectivity index (χ2n) is 4.56. The van der Waals surface area contributed by atoms with Crippen molar-refractivity contribution in [3.63, 3.8) is 0 Å². The molecule has 0 atom stereocenters. The first kappa shape index (κ1) is 9.78. The smallest absolute Gasteiger partial charge is 0.236 e. The number of amides is 1. The Morgan fingerprint density at radius 3 is 2.94 bits per heavy atom. The maximum atomic E-state index is 12.1. The fourth-order valence-electron chi connectivity index (χ4n) is 2.58. The van der Waals surface area contributed by atoms with Crippen LogP contribution in [0.2, 0.25) is 0 Å². The molecule has 0 bridgehead atoms. The van der Waals surface area contributed by atoms with Crippen molar-refractivity contribution >= 4 is 11.6 Å². The van der Waals surface area contributed by atoms with E-state index in [1.54, 1.807) is 0 Å². The lowest BCUT2D eigenvalue weighted by Gasteiger charge is -2.30. The van der Waals surface area contributed by atoms with Crippen LogP contribution in [-0.4, -0.2) is 24.1 Å². The van der Waals surface area contributed by atoms with Gasteiger partial charge in [-0.3, -0.25) is 9.78 Å². The summed E-state index contributed by atoms with van der Waals surface area (Å²) in [5.74, 6) is 0.0869. The standard InChI is InChI=1S/C12H14N2O2/c1-8-6-9-10(13-7-8)12(11(15)14-9)2-4-16-5-3-12/h6-7H,2-5H2,1H3,(H,14,15). The van der Waals surface area contributed by atoms with Crippen molar-refractivity contribution in [1.82, 2.24) is 4.98 Å². The van der Waals surface area contributed by atoms with Gasteiger partial charge < -0.3 is 10.1 Å². The van der Waals surface area contributed by atoms with Gasteiger partial charge >= 0.3 is 0 Å². The maximum absolute atomic E-state index is 12.1. The molecule has 2 aliphatic rings. The van der Waals surface area contributed by atoms with Crippen LogP contribution in [-0.2, 0) is 14.9 Å². The van der Waals surface area contributed by atoms with Gasteiger partial charge in [0, 0.05) is 19.4 Å². The van der Waals surface area contributed by atoms with Gasteiger partial charge in [-0.05, 0) is 31.4 Å². The van der Waals surface area contributed by atoms with Crippen LogP contribution >= 0.6 is 0 Å². The van der Waals surface area contributed by atoms with Gasteiger partial charge in [-0.2, -0.15) is 0 Å². The van der Waals surface area contributed by atoms with E-state index < -0.39 is 5.41 Å². The number of rotatable bonds is 0. The molecule has 4 heteroatoms. The number of anilines is 1. The predicted molar refractivity (Wildman–Crippen MR) is 59.3 cm³/mol. The van der Waals surface area contributed by atoms with Gasteiger partial charge in [0.05, 0.1) is 16.8 Å². The summed E-state index contributed by atoms with van der Waals surface area (Å²) in [6, 6.07) is 1.99. The summed E-state index contributed by atoms with van der Waals surface area (Å²) in [5, 5.41) is 2.94. The summed E-state index contributed by atoms with van der Waals surface area (Å²) in [6.07, 6.45) is 3.31. The highest BCUT2D eigenvalue weighted by Crippen LogP contribution is 2.43. The van der Waals surface area contributed by atoms with Crippen LogP contribution in [0.4, 0.5) is 5.69 Å². The SMILES string of the molecule is Cc1cnc2c(c1)NC(=O)C21CCOCC1. The summed E-state index contributed by atoms with van der Waals surface area (Å²) < 4.78 is 5.34. The molecule has 4 nitrogen and oxygen atoms in total. The molecule has 3 rings (SSSR count). The Morgan fingerprint density at radius 1 is 1.44 bits per heavy atom. The van der Waals surface area contributed by atoms with E-state index in [1.807, 2.05) is 19.2 Å². The van der Waals surface area contributed by atoms with Crippen LogP contribution in [0.15, 0.2) is 12.3 Å². The van der Waals surface area contributed by atoms with Gasteiger partial charge in [-0.15, -0.1) is 0 Å². The molecule has 0 aliphatic carbocycles. The Morgan fingerprint density at radius 2 is 2.19 bits per heavy atom. The molecule has 3 heterocycles. The van der Waals surface area contributed by atoms with Crippen molar-refractivity contribution in [2.24, 2.45) is 0 Å². The van der Waals surface area contributed by atoms with E-state index in [0.717, 1.165) is 29.8 Å². The van der Waals surface area contributed by atoms with Gasteiger partial charge in [-0.1, -0.05) is 0 Å². The van der Waals surface area contributed by atoms with Crippen molar-refractivity contribution in [3.8, 4) is 0 Å². The zero-order valence-corrected chi connectivity index (χ0v) is 9.25. The van der Waals surface area contributed by atoms with Gasteiger partial charge in [0.2, 0.25) is 5.91 Å². The average molecular weight is 218 g/mol. The Bertz CT molecular complexity index is 450. The quantitative estimate of drug-likeness (QED) is 0.716. The summed E-state index contributed by atoms with van der Waals surface area (Å²) in [5.41, 5.74) is 2.43. The third-order valence-electron chi connectivity index (χ3n) is 3.51. The largest absolute Gasteiger partial charge is 0.381 e. The monoisotopic (exact) mass is 218 g/mol. The molecule has 2 aliphatic heterocycles. The molecule has 1 spiro atoms. The summed E-state index contributed by atoms with van der Waals surface area (Å²) in [4.78, 5) is 16.6. The topological polar surface area (TPSA) is 51.2 Å². The number of nitrogens with zero attached hydrogens (tertiary/aromatic N) is 1. The molecule has 1 aromatic heterocycles. The molecule has 1 aromatic rings. The molecule has 1 saturated heterocycles. The molecule has 0 radical (unpaired) electrons. The number of hydrogen-bond acceptors (Lipinski definition) is 3. The minimum atomic E-state index is -0.429. The molecular formula is C12H14N2O2. The highest BCUT2D eigenvalue weighted by Gasteiger charge is 2.48. The fourth-order valence-corrected chi connectivity index (χ4v) is 2.58. The first-order chi connectivity index (χ1) is 7.72. The highest BCUT2D eigenvalue weighted by molar-refractivity contribution is 6.05. The van der Waals surface area contributed by atoms with Crippen molar-refractivity contribution in [2.45, 2.75) is 25.2 Å². The first-order valence-corrected chi connectivity index (χ1v) is 5.59. The molecule has 0 unspecified atom stereocenters. The van der Waals surface area contributed by atoms with Crippen molar-refractivity contribution in [3.05, 3.63) is 23.5 Å². The lowest BCUT2D eigenvalue weighted by Crippen LogP contribution is -2.40. The summed E-state index contributed by atoms with van der Waals surface area (Å²) >= 11 is 0. The van der Waals surface area contributed by atoms with Crippen molar-refractivity contribution in [2.75, 3.05) is 18.5 Å². The zero-order valence-electron chi connectivity index (χ0n) is 9.25. The number of nitrogens with one attached hydrogen (secondary N) is 1. The zero-order chi connectivity index (χ0) is 11.2. The number of hydrogen-bond donors (Lipinski definition) is 1. The van der Waals surface area contributed by atoms with Gasteiger partial charge in [0.1, 0.15) is 0 Å². The lowest BCUT2D eigenvalue weighted by molar-refractivity contribution is -0.124. The number of aryl methyl sites for hydroxylation is 1. The Kier molecular flexibility index (Phi) is 2.01. The number of pyridine rings is 1. The molecular weight excluding hydrogens is 204 g/mol. The molecule has 0 saturated carbocycles. The van der Waals surface area contributed by atoms with Crippen LogP contribution in [0.25, 0.3) is 0 Å². The van der Waals surface area contributed by atoms with Gasteiger partial charge in [0.15, 0.2) is 0 Å². The minimum absolute atomic E-state index is 0.0869. The van der Waals surface area contributed by atoms with Gasteiger partial charge in [0.25, 0.3) is 0 Å². The maximum Gasteiger partial charge on any atom is 0.236 e. The second kappa shape index (κ2) is 3.28. The molecule has 1 fully saturated rings. The molecule has 1 amide bonds. The Hall–Kier alpha value is -1.42. The van der Waals surface area contributed by atoms with E-state index in [2.05, 4.69) is 10.3 Å². The summed E-state index contributed by atoms with van der Waals surface area (Å²) in [7, 11) is 0. The minimum Gasteiger partial charge on any atom is -0.381 e. The summed E-state index contributed by atoms with van der Waals surface area (Å²) in [6.45, 7) is 3.26. The number of fused-ring (bicyclic) bond motifs is 2. The Labute approximate surface area is 94.0 Å². The first-order valence-electron chi connectivity index (χ1n) is 5.59. The van der Waals surface area contributed by atoms with E-state index in [1.165, 1.54) is 0 Å². The van der Waals surface area contributed by atoms with E-state index in [0.29, 0.717) is 13.2 Å². The normalized spacial score (nSPS) is 21.9. The van der Waals surface area contributed by atoms with E-state index in [4.69, 9.17) is 4.74 Å². The third-order valence-corrected chi connectivity index (χ3v) is 3.51. The van der Waals surface area contributed by atoms with Crippen molar-refractivity contribution < 1.29 is 9.53 Å². The second-order valence-corrected chi connectivity index (χ2v) is 4.56. The van der Waals surface area contributed by atoms with Crippen LogP contribution in [0.1, 0.15) is 24.1 Å². The average Bonchev–Trinajstić information content (AvgIpc) is 2.53. The third kappa shape index (κ3) is 1.19. The van der Waals surface area contributed by atoms with Crippen LogP contribution in [0.3, 0.4) is 0 Å². The molecule has 1 N–H and O–H groups in total. The van der Waals surface area contributed by atoms with Crippen LogP contribution in [0, 0.1) is 6.92 Å². The number of carbonyl (C=O) groups is 1. The van der Waals surface area contributed by atoms with E-state index >= 15 is 0 Å². The number of aromatic nitrogens is 1. The van der Waals surface area contributed by atoms with Crippen LogP contribution in [0.5, 0.6) is 0 Å². The number of ether oxygens (including phenoxy) is 1. The molecule has 16 heavy (non-hydrogen) atoms. The predicted octanol–water partition coefficient (Wildman–Crippen LogP) is 1.39. The fraction of sp³-hybridized carbons (Fsp3) is 0.500. The number of carbonyl (C=O) groups excluding carboxylic acids is 1. The van der Waals surface area contributed by atoms with Gasteiger partial charge in [-0.25, -0.2) is 0 Å². The van der Waals surface area contributed by atoms with E-state index in [9.17, 15) is 4.79 Å². The van der Waals surface area contributed by atoms with E-state index in [-0.39, 0.29) is 5.91 Å². The molecule has 0 aromatic carbocycles. The lowest BCUT2D eigenvalue weighted by atomic mass is 9.78. The highest BCUT2D eigenvalue weighted by atomic mass is 16.5. The Balaban J connectivity index is 2.11.